The first-order valence-corrected chi connectivity index (χ1v) is 7.22. The molecule has 0 unspecified atom stereocenters. The molecule has 2 aromatic rings. The van der Waals surface area contributed by atoms with Gasteiger partial charge >= 0.3 is 5.97 Å². The Bertz CT molecular complexity index is 510. The molecule has 0 saturated heterocycles. The summed E-state index contributed by atoms with van der Waals surface area (Å²) < 4.78 is 0. The lowest BCUT2D eigenvalue weighted by Crippen LogP contribution is -2.16. The Morgan fingerprint density at radius 3 is 2.94 bits per heavy atom. The molecule has 2 heterocycles. The van der Waals surface area contributed by atoms with Crippen molar-refractivity contribution in [3.8, 4) is 0 Å². The Morgan fingerprint density at radius 2 is 2.28 bits per heavy atom. The molecule has 2 aromatic heterocycles. The predicted molar refractivity (Wildman–Crippen MR) is 72.3 cm³/mol. The quantitative estimate of drug-likeness (QED) is 0.880. The molecule has 7 heteroatoms. The van der Waals surface area contributed by atoms with Gasteiger partial charge in [0.2, 0.25) is 0 Å². The summed E-state index contributed by atoms with van der Waals surface area (Å²) in [5.74, 6) is -0.791. The van der Waals surface area contributed by atoms with E-state index in [-0.39, 0.29) is 6.42 Å². The number of carboxylic acids is 1. The topological polar surface area (TPSA) is 66.3 Å². The third-order valence-electron chi connectivity index (χ3n) is 2.34. The lowest BCUT2D eigenvalue weighted by atomic mass is 10.2. The fourth-order valence-electron chi connectivity index (χ4n) is 1.45. The number of anilines is 1. The van der Waals surface area contributed by atoms with Crippen molar-refractivity contribution in [1.82, 2.24) is 9.97 Å². The maximum absolute atomic E-state index is 10.5. The first-order valence-electron chi connectivity index (χ1n) is 5.39. The van der Waals surface area contributed by atoms with Gasteiger partial charge in [-0.3, -0.25) is 4.79 Å². The number of aliphatic carboxylic acids is 1. The summed E-state index contributed by atoms with van der Waals surface area (Å²) in [5, 5.41) is 13.4. The van der Waals surface area contributed by atoms with Crippen LogP contribution in [0, 0.1) is 0 Å². The maximum atomic E-state index is 10.5. The lowest BCUT2D eigenvalue weighted by Gasteiger charge is -2.13. The number of carboxylic acid groups (broad SMARTS) is 1. The number of thiazole rings is 2. The standard InChI is InChI=1S/C11H13N3O2S2/c1-14(4-9-5-17-7-12-9)11-13-8(6-18-11)2-3-10(15)16/h5-7H,2-4H2,1H3,(H,15,16). The van der Waals surface area contributed by atoms with Crippen molar-refractivity contribution in [2.75, 3.05) is 11.9 Å². The molecular formula is C11H13N3O2S2. The van der Waals surface area contributed by atoms with Crippen LogP contribution in [0.4, 0.5) is 5.13 Å². The fraction of sp³-hybridized carbons (Fsp3) is 0.364. The number of hydrogen-bond acceptors (Lipinski definition) is 6. The monoisotopic (exact) mass is 283 g/mol. The van der Waals surface area contributed by atoms with Gasteiger partial charge in [-0.2, -0.15) is 0 Å². The normalized spacial score (nSPS) is 10.5. The highest BCUT2D eigenvalue weighted by molar-refractivity contribution is 7.13. The Kier molecular flexibility index (Phi) is 4.27. The molecular weight excluding hydrogens is 270 g/mol. The summed E-state index contributed by atoms with van der Waals surface area (Å²) in [4.78, 5) is 21.1. The van der Waals surface area contributed by atoms with E-state index >= 15 is 0 Å². The predicted octanol–water partition coefficient (Wildman–Crippen LogP) is 2.25. The van der Waals surface area contributed by atoms with E-state index < -0.39 is 5.97 Å². The van der Waals surface area contributed by atoms with Crippen LogP contribution < -0.4 is 4.90 Å². The first-order chi connectivity index (χ1) is 8.65. The number of hydrogen-bond donors (Lipinski definition) is 1. The molecule has 2 rings (SSSR count). The summed E-state index contributed by atoms with van der Waals surface area (Å²) in [6, 6.07) is 0. The average molecular weight is 283 g/mol. The third kappa shape index (κ3) is 3.51. The van der Waals surface area contributed by atoms with Crippen LogP contribution in [0.3, 0.4) is 0 Å². The van der Waals surface area contributed by atoms with Crippen LogP contribution in [0.1, 0.15) is 17.8 Å². The van der Waals surface area contributed by atoms with E-state index in [0.29, 0.717) is 6.42 Å². The van der Waals surface area contributed by atoms with Crippen molar-refractivity contribution in [3.63, 3.8) is 0 Å². The molecule has 18 heavy (non-hydrogen) atoms. The smallest absolute Gasteiger partial charge is 0.303 e. The van der Waals surface area contributed by atoms with Crippen LogP contribution in [0.25, 0.3) is 0 Å². The van der Waals surface area contributed by atoms with Crippen LogP contribution in [-0.4, -0.2) is 28.1 Å². The minimum atomic E-state index is -0.791. The maximum Gasteiger partial charge on any atom is 0.303 e. The molecule has 0 aliphatic heterocycles. The zero-order valence-electron chi connectivity index (χ0n) is 9.87. The number of nitrogens with zero attached hydrogens (tertiary/aromatic N) is 3. The highest BCUT2D eigenvalue weighted by Crippen LogP contribution is 2.21. The van der Waals surface area contributed by atoms with Gasteiger partial charge in [0.15, 0.2) is 5.13 Å². The molecule has 0 spiro atoms. The van der Waals surface area contributed by atoms with Crippen molar-refractivity contribution in [3.05, 3.63) is 27.7 Å². The summed E-state index contributed by atoms with van der Waals surface area (Å²) in [7, 11) is 1.96. The second kappa shape index (κ2) is 5.92. The minimum absolute atomic E-state index is 0.124. The SMILES string of the molecule is CN(Cc1cscn1)c1nc(CCC(=O)O)cs1. The van der Waals surface area contributed by atoms with Gasteiger partial charge in [-0.05, 0) is 0 Å². The number of aromatic nitrogens is 2. The van der Waals surface area contributed by atoms with Gasteiger partial charge in [-0.1, -0.05) is 0 Å². The molecule has 0 saturated carbocycles. The fourth-order valence-corrected chi connectivity index (χ4v) is 2.82. The van der Waals surface area contributed by atoms with E-state index in [1.807, 2.05) is 28.2 Å². The Labute approximate surface area is 113 Å². The van der Waals surface area contributed by atoms with Gasteiger partial charge in [-0.15, -0.1) is 22.7 Å². The van der Waals surface area contributed by atoms with Gasteiger partial charge in [-0.25, -0.2) is 9.97 Å². The molecule has 5 nitrogen and oxygen atoms in total. The Hall–Kier alpha value is -1.47. The summed E-state index contributed by atoms with van der Waals surface area (Å²) >= 11 is 3.10. The van der Waals surface area contributed by atoms with Crippen molar-refractivity contribution in [1.29, 1.82) is 0 Å². The Balaban J connectivity index is 1.94. The van der Waals surface area contributed by atoms with Crippen molar-refractivity contribution in [2.45, 2.75) is 19.4 Å². The molecule has 0 aliphatic carbocycles. The number of rotatable bonds is 6. The summed E-state index contributed by atoms with van der Waals surface area (Å²) in [6.07, 6.45) is 0.606. The van der Waals surface area contributed by atoms with E-state index in [2.05, 4.69) is 9.97 Å². The van der Waals surface area contributed by atoms with Gasteiger partial charge in [0.1, 0.15) is 0 Å². The van der Waals surface area contributed by atoms with E-state index in [0.717, 1.165) is 23.1 Å². The van der Waals surface area contributed by atoms with Crippen LogP contribution in [0.5, 0.6) is 0 Å². The number of carbonyl (C=O) groups is 1. The molecule has 0 fully saturated rings. The molecule has 0 bridgehead atoms. The Morgan fingerprint density at radius 1 is 1.44 bits per heavy atom. The molecule has 96 valence electrons. The highest BCUT2D eigenvalue weighted by Gasteiger charge is 2.09. The van der Waals surface area contributed by atoms with Crippen LogP contribution >= 0.6 is 22.7 Å². The third-order valence-corrected chi connectivity index (χ3v) is 3.98. The highest BCUT2D eigenvalue weighted by atomic mass is 32.1. The van der Waals surface area contributed by atoms with Crippen LogP contribution in [-0.2, 0) is 17.8 Å². The van der Waals surface area contributed by atoms with Crippen molar-refractivity contribution >= 4 is 33.8 Å². The molecule has 0 amide bonds. The zero-order valence-corrected chi connectivity index (χ0v) is 11.5. The van der Waals surface area contributed by atoms with E-state index in [4.69, 9.17) is 5.11 Å². The van der Waals surface area contributed by atoms with Crippen LogP contribution in [0.15, 0.2) is 16.3 Å². The van der Waals surface area contributed by atoms with Gasteiger partial charge in [0.05, 0.1) is 29.9 Å². The van der Waals surface area contributed by atoms with Gasteiger partial charge in [0.25, 0.3) is 0 Å². The molecule has 0 atom stereocenters. The largest absolute Gasteiger partial charge is 0.481 e. The second-order valence-electron chi connectivity index (χ2n) is 3.85. The molecule has 0 aromatic carbocycles. The molecule has 0 aliphatic rings. The van der Waals surface area contributed by atoms with E-state index in [1.54, 1.807) is 11.3 Å². The summed E-state index contributed by atoms with van der Waals surface area (Å²) in [5.41, 5.74) is 3.66. The number of aryl methyl sites for hydroxylation is 1. The lowest BCUT2D eigenvalue weighted by molar-refractivity contribution is -0.136. The van der Waals surface area contributed by atoms with Crippen molar-refractivity contribution in [2.24, 2.45) is 0 Å². The second-order valence-corrected chi connectivity index (χ2v) is 5.41. The van der Waals surface area contributed by atoms with E-state index in [1.165, 1.54) is 11.3 Å². The van der Waals surface area contributed by atoms with Gasteiger partial charge in [0, 0.05) is 24.2 Å². The molecule has 0 radical (unpaired) electrons. The van der Waals surface area contributed by atoms with Crippen molar-refractivity contribution < 1.29 is 9.90 Å². The van der Waals surface area contributed by atoms with Gasteiger partial charge < -0.3 is 10.0 Å². The zero-order chi connectivity index (χ0) is 13.0. The average Bonchev–Trinajstić information content (AvgIpc) is 2.96. The first kappa shape index (κ1) is 13.0. The molecule has 1 N–H and O–H groups in total. The minimum Gasteiger partial charge on any atom is -0.481 e. The van der Waals surface area contributed by atoms with E-state index in [9.17, 15) is 4.79 Å². The van der Waals surface area contributed by atoms with Crippen LogP contribution in [0.2, 0.25) is 0 Å². The summed E-state index contributed by atoms with van der Waals surface area (Å²) in [6.45, 7) is 0.718.